The van der Waals surface area contributed by atoms with E-state index in [1.54, 1.807) is 11.9 Å². The first-order valence-corrected chi connectivity index (χ1v) is 23.6. The summed E-state index contributed by atoms with van der Waals surface area (Å²) >= 11 is 14.4. The third-order valence-corrected chi connectivity index (χ3v) is 11.1. The van der Waals surface area contributed by atoms with Gasteiger partial charge in [0.05, 0.1) is 6.54 Å². The molecule has 0 fully saturated rings. The van der Waals surface area contributed by atoms with Crippen molar-refractivity contribution in [1.82, 2.24) is 35.4 Å². The van der Waals surface area contributed by atoms with Gasteiger partial charge in [-0.05, 0) is 37.3 Å². The number of urea groups is 1. The van der Waals surface area contributed by atoms with Gasteiger partial charge in [0.1, 0.15) is 0 Å². The number of carbonyl (C=O) groups is 3. The number of nitrogens with two attached hydrogens (primary N) is 1. The second-order valence-corrected chi connectivity index (χ2v) is 16.6. The molecule has 0 bridgehead atoms. The van der Waals surface area contributed by atoms with Gasteiger partial charge in [0.2, 0.25) is 11.8 Å². The zero-order chi connectivity index (χ0) is 41.5. The maximum atomic E-state index is 13.3. The normalized spacial score (nSPS) is 10.9. The van der Waals surface area contributed by atoms with E-state index in [1.807, 2.05) is 4.90 Å². The summed E-state index contributed by atoms with van der Waals surface area (Å²) in [5.74, 6) is -0.0388. The van der Waals surface area contributed by atoms with Crippen molar-refractivity contribution in [2.24, 2.45) is 5.73 Å². The Bertz CT molecular complexity index is 982. The van der Waals surface area contributed by atoms with Crippen LogP contribution in [0.15, 0.2) is 0 Å². The summed E-state index contributed by atoms with van der Waals surface area (Å²) in [6.07, 6.45) is 31.6. The Labute approximate surface area is 359 Å². The summed E-state index contributed by atoms with van der Waals surface area (Å²) in [6.45, 7) is 8.57. The lowest BCUT2D eigenvalue weighted by molar-refractivity contribution is -0.133. The quantitative estimate of drug-likeness (QED) is 0.0205. The van der Waals surface area contributed by atoms with Gasteiger partial charge in [-0.1, -0.05) is 168 Å². The smallest absolute Gasteiger partial charge is 0.327 e. The van der Waals surface area contributed by atoms with Gasteiger partial charge in [0.25, 0.3) is 0 Å². The van der Waals surface area contributed by atoms with Gasteiger partial charge in [-0.25, -0.2) is 4.79 Å². The topological polar surface area (TPSA) is 135 Å². The molecule has 11 nitrogen and oxygen atoms in total. The Hall–Kier alpha value is -2.06. The molecule has 0 radical (unpaired) electrons. The predicted molar refractivity (Wildman–Crippen MR) is 248 cm³/mol. The Balaban J connectivity index is 4.35. The number of unbranched alkanes of at least 4 members (excludes halogenated alkanes) is 22. The summed E-state index contributed by atoms with van der Waals surface area (Å²) in [6, 6.07) is -0.330. The van der Waals surface area contributed by atoms with Crippen molar-refractivity contribution < 1.29 is 14.4 Å². The second-order valence-electron chi connectivity index (χ2n) is 15.3. The number of hydrogen-bond acceptors (Lipinski definition) is 6. The van der Waals surface area contributed by atoms with Crippen LogP contribution in [0.5, 0.6) is 0 Å². The highest BCUT2D eigenvalue weighted by Crippen LogP contribution is 2.15. The molecule has 0 unspecified atom stereocenters. The molecule has 6 N–H and O–H groups in total. The van der Waals surface area contributed by atoms with Crippen LogP contribution in [-0.2, 0) is 9.59 Å². The molecule has 14 heteroatoms. The number of carbonyl (C=O) groups excluding carboxylic acids is 3. The van der Waals surface area contributed by atoms with Crippen LogP contribution in [0.3, 0.4) is 0 Å². The van der Waals surface area contributed by atoms with E-state index in [-0.39, 0.29) is 35.8 Å². The minimum absolute atomic E-state index is 0.0925. The van der Waals surface area contributed by atoms with Crippen LogP contribution in [0.2, 0.25) is 0 Å². The summed E-state index contributed by atoms with van der Waals surface area (Å²) < 4.78 is 1.26. The largest absolute Gasteiger partial charge is 0.376 e. The van der Waals surface area contributed by atoms with Crippen LogP contribution in [0.4, 0.5) is 4.79 Å². The molecule has 0 aliphatic rings. The van der Waals surface area contributed by atoms with Crippen molar-refractivity contribution in [3.8, 4) is 0 Å². The molecule has 0 aromatic rings. The van der Waals surface area contributed by atoms with Gasteiger partial charge in [-0.15, -0.1) is 0 Å². The summed E-state index contributed by atoms with van der Waals surface area (Å²) in [4.78, 5) is 41.7. The fraction of sp³-hybridized carbons (Fsp3) is 0.881. The standard InChI is InChI=1S/C42H84N8O3S3/c1-4-6-8-10-12-14-16-18-20-22-24-26-34-49(35-27-25-23-21-19-17-15-13-11-9-7-5-2)39(52)29-28-38(51)44-30-31-45-41(55)46-32-33-47-42(53)50(56)37-36-48(3)40(43)54/h56H,4-37H2,1-3H3,(H2,43,54)(H,44,51)(H,47,53)(H2,45,46,55). The van der Waals surface area contributed by atoms with E-state index < -0.39 is 0 Å². The van der Waals surface area contributed by atoms with Crippen LogP contribution in [0, 0.1) is 0 Å². The van der Waals surface area contributed by atoms with Gasteiger partial charge in [0.15, 0.2) is 10.2 Å². The maximum Gasteiger partial charge on any atom is 0.327 e. The van der Waals surface area contributed by atoms with Crippen LogP contribution in [0.1, 0.15) is 181 Å². The Morgan fingerprint density at radius 3 is 1.30 bits per heavy atom. The highest BCUT2D eigenvalue weighted by molar-refractivity contribution is 7.80. The van der Waals surface area contributed by atoms with Crippen molar-refractivity contribution in [1.29, 1.82) is 0 Å². The highest BCUT2D eigenvalue weighted by atomic mass is 32.1. The third kappa shape index (κ3) is 35.1. The number of hydrogen-bond donors (Lipinski definition) is 6. The number of rotatable bonds is 38. The molecular weight excluding hydrogens is 761 g/mol. The van der Waals surface area contributed by atoms with Crippen LogP contribution in [0.25, 0.3) is 0 Å². The first-order valence-electron chi connectivity index (χ1n) is 22.4. The monoisotopic (exact) mass is 845 g/mol. The summed E-state index contributed by atoms with van der Waals surface area (Å²) in [7, 11) is 1.75. The molecule has 328 valence electrons. The van der Waals surface area contributed by atoms with E-state index in [4.69, 9.17) is 30.2 Å². The van der Waals surface area contributed by atoms with Gasteiger partial charge in [0, 0.05) is 65.7 Å². The molecule has 0 saturated heterocycles. The molecule has 0 heterocycles. The van der Waals surface area contributed by atoms with E-state index in [2.05, 4.69) is 47.9 Å². The van der Waals surface area contributed by atoms with Crippen LogP contribution >= 0.6 is 37.3 Å². The first kappa shape index (κ1) is 53.9. The molecule has 56 heavy (non-hydrogen) atoms. The number of likely N-dealkylation sites (N-methyl/N-ethyl adjacent to an activating group) is 1. The van der Waals surface area contributed by atoms with E-state index in [0.29, 0.717) is 44.4 Å². The molecule has 0 aliphatic carbocycles. The summed E-state index contributed by atoms with van der Waals surface area (Å²) in [5, 5.41) is 12.4. The van der Waals surface area contributed by atoms with Crippen molar-refractivity contribution in [3.63, 3.8) is 0 Å². The minimum Gasteiger partial charge on any atom is -0.376 e. The van der Waals surface area contributed by atoms with Gasteiger partial charge < -0.3 is 36.8 Å². The molecule has 0 aromatic heterocycles. The molecule has 0 aromatic carbocycles. The average molecular weight is 845 g/mol. The SMILES string of the molecule is CCCCCCCCCCCCCCN(CCCCCCCCCCCCCC)C(=O)CCC(=O)NCCNC(=S)NCCNC(=O)N(S)CCN(C)C(N)=S. The van der Waals surface area contributed by atoms with E-state index >= 15 is 0 Å². The lowest BCUT2D eigenvalue weighted by Crippen LogP contribution is -2.45. The molecule has 0 aliphatic heterocycles. The molecule has 0 saturated carbocycles. The van der Waals surface area contributed by atoms with Crippen molar-refractivity contribution in [2.45, 2.75) is 181 Å². The summed E-state index contributed by atoms with van der Waals surface area (Å²) in [5.41, 5.74) is 5.55. The third-order valence-electron chi connectivity index (χ3n) is 10.2. The van der Waals surface area contributed by atoms with Crippen molar-refractivity contribution >= 4 is 65.3 Å². The Kier molecular flexibility index (Phi) is 38.3. The van der Waals surface area contributed by atoms with Crippen molar-refractivity contribution in [2.75, 3.05) is 59.4 Å². The average Bonchev–Trinajstić information content (AvgIpc) is 3.18. The maximum absolute atomic E-state index is 13.3. The highest BCUT2D eigenvalue weighted by Gasteiger charge is 2.15. The van der Waals surface area contributed by atoms with Gasteiger partial charge >= 0.3 is 6.03 Å². The first-order chi connectivity index (χ1) is 27.1. The van der Waals surface area contributed by atoms with Crippen LogP contribution in [-0.4, -0.2) is 102 Å². The number of thiocarbonyl (C=S) groups is 2. The number of amides is 4. The fourth-order valence-electron chi connectivity index (χ4n) is 6.45. The molecule has 0 spiro atoms. The van der Waals surface area contributed by atoms with E-state index in [0.717, 1.165) is 38.8 Å². The lowest BCUT2D eigenvalue weighted by Gasteiger charge is -2.23. The van der Waals surface area contributed by atoms with Crippen molar-refractivity contribution in [3.05, 3.63) is 0 Å². The molecule has 0 rings (SSSR count). The minimum atomic E-state index is -0.330. The van der Waals surface area contributed by atoms with E-state index in [9.17, 15) is 14.4 Å². The Morgan fingerprint density at radius 1 is 0.518 bits per heavy atom. The zero-order valence-electron chi connectivity index (χ0n) is 35.9. The Morgan fingerprint density at radius 2 is 0.893 bits per heavy atom. The molecular formula is C42H84N8O3S3. The molecule has 0 atom stereocenters. The number of nitrogens with one attached hydrogen (secondary N) is 4. The van der Waals surface area contributed by atoms with Crippen LogP contribution < -0.4 is 27.0 Å². The van der Waals surface area contributed by atoms with Gasteiger partial charge in [-0.3, -0.25) is 13.9 Å². The zero-order valence-corrected chi connectivity index (χ0v) is 38.5. The fourth-order valence-corrected chi connectivity index (χ4v) is 6.90. The predicted octanol–water partition coefficient (Wildman–Crippen LogP) is 8.61. The number of nitrogens with zero attached hydrogens (tertiary/aromatic N) is 3. The molecule has 4 amide bonds. The second kappa shape index (κ2) is 39.8. The van der Waals surface area contributed by atoms with Gasteiger partial charge in [-0.2, -0.15) is 0 Å². The van der Waals surface area contributed by atoms with E-state index in [1.165, 1.54) is 133 Å². The lowest BCUT2D eigenvalue weighted by atomic mass is 10.0. The number of thiol groups is 1.